The van der Waals surface area contributed by atoms with Gasteiger partial charge in [-0.3, -0.25) is 9.59 Å². The van der Waals surface area contributed by atoms with Crippen molar-refractivity contribution in [1.29, 1.82) is 0 Å². The first-order chi connectivity index (χ1) is 14.6. The number of amides is 1. The summed E-state index contributed by atoms with van der Waals surface area (Å²) >= 11 is 1.47. The van der Waals surface area contributed by atoms with Crippen LogP contribution >= 0.6 is 11.3 Å². The van der Waals surface area contributed by atoms with Gasteiger partial charge in [-0.15, -0.1) is 11.3 Å². The third-order valence-corrected chi connectivity index (χ3v) is 8.88. The van der Waals surface area contributed by atoms with Gasteiger partial charge < -0.3 is 15.2 Å². The second-order valence-electron chi connectivity index (χ2n) is 10.4. The van der Waals surface area contributed by atoms with E-state index in [0.717, 1.165) is 49.0 Å². The van der Waals surface area contributed by atoms with Crippen molar-refractivity contribution in [1.82, 2.24) is 0 Å². The fourth-order valence-electron chi connectivity index (χ4n) is 6.05. The molecule has 4 rings (SSSR count). The van der Waals surface area contributed by atoms with E-state index >= 15 is 0 Å². The van der Waals surface area contributed by atoms with Gasteiger partial charge in [-0.05, 0) is 74.2 Å². The molecule has 0 radical (unpaired) electrons. The van der Waals surface area contributed by atoms with Crippen LogP contribution in [0.15, 0.2) is 0 Å². The van der Waals surface area contributed by atoms with E-state index in [9.17, 15) is 19.5 Å². The number of hydrogen-bond donors (Lipinski definition) is 2. The number of esters is 1. The van der Waals surface area contributed by atoms with Crippen molar-refractivity contribution in [2.75, 3.05) is 11.9 Å². The van der Waals surface area contributed by atoms with Gasteiger partial charge in [0.1, 0.15) is 5.00 Å². The van der Waals surface area contributed by atoms with E-state index in [-0.39, 0.29) is 29.8 Å². The molecular weight excluding hydrogens is 414 g/mol. The molecular formula is C24H33NO5S. The Bertz CT molecular complexity index is 899. The molecule has 2 N–H and O–H groups in total. The molecule has 0 aromatic carbocycles. The van der Waals surface area contributed by atoms with Crippen molar-refractivity contribution in [2.45, 2.75) is 66.2 Å². The molecule has 3 aliphatic rings. The minimum atomic E-state index is -0.878. The van der Waals surface area contributed by atoms with Crippen molar-refractivity contribution >= 4 is 34.2 Å². The molecule has 7 heteroatoms. The average molecular weight is 448 g/mol. The summed E-state index contributed by atoms with van der Waals surface area (Å²) in [6, 6.07) is 0. The normalized spacial score (nSPS) is 29.5. The maximum absolute atomic E-state index is 13.3. The quantitative estimate of drug-likeness (QED) is 0.635. The number of rotatable bonds is 5. The Kier molecular flexibility index (Phi) is 5.92. The number of ether oxygens (including phenoxy) is 1. The van der Waals surface area contributed by atoms with E-state index in [1.165, 1.54) is 11.3 Å². The Morgan fingerprint density at radius 3 is 2.42 bits per heavy atom. The van der Waals surface area contributed by atoms with E-state index in [0.29, 0.717) is 16.5 Å². The zero-order valence-electron chi connectivity index (χ0n) is 18.8. The summed E-state index contributed by atoms with van der Waals surface area (Å²) in [4.78, 5) is 39.1. The predicted octanol–water partition coefficient (Wildman–Crippen LogP) is 4.76. The SMILES string of the molecule is CCOC(=O)c1c(NC(=O)[C@@H]2[C@H]3CC[C@@H](C3)[C@H]2C(=O)O)sc2c1CC[C@H](C(C)(C)C)C2. The lowest BCUT2D eigenvalue weighted by Crippen LogP contribution is -2.38. The first-order valence-electron chi connectivity index (χ1n) is 11.5. The number of carboxylic acids is 1. The number of fused-ring (bicyclic) bond motifs is 3. The lowest BCUT2D eigenvalue weighted by Gasteiger charge is -2.33. The highest BCUT2D eigenvalue weighted by Crippen LogP contribution is 2.53. The number of anilines is 1. The average Bonchev–Trinajstić information content (AvgIpc) is 3.38. The van der Waals surface area contributed by atoms with E-state index < -0.39 is 23.8 Å². The smallest absolute Gasteiger partial charge is 0.341 e. The van der Waals surface area contributed by atoms with Crippen LogP contribution in [-0.2, 0) is 27.2 Å². The van der Waals surface area contributed by atoms with Crippen LogP contribution in [0.1, 0.15) is 74.2 Å². The van der Waals surface area contributed by atoms with Crippen LogP contribution in [0, 0.1) is 35.0 Å². The fraction of sp³-hybridized carbons (Fsp3) is 0.708. The van der Waals surface area contributed by atoms with Gasteiger partial charge in [0, 0.05) is 4.88 Å². The zero-order chi connectivity index (χ0) is 22.5. The van der Waals surface area contributed by atoms with Crippen LogP contribution in [0.4, 0.5) is 5.00 Å². The lowest BCUT2D eigenvalue weighted by molar-refractivity contribution is -0.148. The maximum atomic E-state index is 13.3. The van der Waals surface area contributed by atoms with Gasteiger partial charge in [0.25, 0.3) is 0 Å². The Morgan fingerprint density at radius 1 is 1.13 bits per heavy atom. The van der Waals surface area contributed by atoms with Crippen molar-refractivity contribution < 1.29 is 24.2 Å². The number of carboxylic acid groups (broad SMARTS) is 1. The van der Waals surface area contributed by atoms with Gasteiger partial charge in [-0.1, -0.05) is 20.8 Å². The predicted molar refractivity (Wildman–Crippen MR) is 119 cm³/mol. The number of nitrogens with one attached hydrogen (secondary N) is 1. The Morgan fingerprint density at radius 2 is 1.81 bits per heavy atom. The Balaban J connectivity index is 1.63. The molecule has 0 aliphatic heterocycles. The van der Waals surface area contributed by atoms with Crippen molar-refractivity contribution in [3.8, 4) is 0 Å². The number of carbonyl (C=O) groups is 3. The molecule has 3 aliphatic carbocycles. The summed E-state index contributed by atoms with van der Waals surface area (Å²) in [5.41, 5.74) is 1.66. The molecule has 2 saturated carbocycles. The van der Waals surface area contributed by atoms with Crippen LogP contribution in [0.2, 0.25) is 0 Å². The Labute approximate surface area is 187 Å². The monoisotopic (exact) mass is 447 g/mol. The third-order valence-electron chi connectivity index (χ3n) is 7.71. The van der Waals surface area contributed by atoms with Crippen molar-refractivity contribution in [3.63, 3.8) is 0 Å². The topological polar surface area (TPSA) is 92.7 Å². The molecule has 1 aromatic rings. The number of thiophene rings is 1. The van der Waals surface area contributed by atoms with Crippen LogP contribution in [0.5, 0.6) is 0 Å². The Hall–Kier alpha value is -1.89. The second kappa shape index (κ2) is 8.23. The van der Waals surface area contributed by atoms with Crippen molar-refractivity contribution in [2.24, 2.45) is 35.0 Å². The number of aliphatic carboxylic acids is 1. The highest BCUT2D eigenvalue weighted by atomic mass is 32.1. The molecule has 31 heavy (non-hydrogen) atoms. The van der Waals surface area contributed by atoms with E-state index in [2.05, 4.69) is 26.1 Å². The molecule has 170 valence electrons. The van der Waals surface area contributed by atoms with Gasteiger partial charge in [-0.25, -0.2) is 4.79 Å². The minimum Gasteiger partial charge on any atom is -0.481 e. The van der Waals surface area contributed by atoms with Crippen molar-refractivity contribution in [3.05, 3.63) is 16.0 Å². The molecule has 6 nitrogen and oxygen atoms in total. The number of carbonyl (C=O) groups excluding carboxylic acids is 2. The summed E-state index contributed by atoms with van der Waals surface area (Å²) in [7, 11) is 0. The molecule has 5 atom stereocenters. The molecule has 0 unspecified atom stereocenters. The van der Waals surface area contributed by atoms with Crippen LogP contribution in [0.3, 0.4) is 0 Å². The molecule has 2 fully saturated rings. The van der Waals surface area contributed by atoms with Gasteiger partial charge in [0.05, 0.1) is 24.0 Å². The summed E-state index contributed by atoms with van der Waals surface area (Å²) in [6.45, 7) is 8.78. The van der Waals surface area contributed by atoms with E-state index in [4.69, 9.17) is 4.74 Å². The molecule has 1 aromatic heterocycles. The fourth-order valence-corrected chi connectivity index (χ4v) is 7.37. The van der Waals surface area contributed by atoms with Crippen LogP contribution < -0.4 is 5.32 Å². The second-order valence-corrected chi connectivity index (χ2v) is 11.6. The molecule has 0 saturated heterocycles. The lowest BCUT2D eigenvalue weighted by atomic mass is 9.72. The summed E-state index contributed by atoms with van der Waals surface area (Å²) < 4.78 is 5.33. The first-order valence-corrected chi connectivity index (χ1v) is 12.3. The zero-order valence-corrected chi connectivity index (χ0v) is 19.6. The van der Waals surface area contributed by atoms with Gasteiger partial charge in [0.15, 0.2) is 0 Å². The maximum Gasteiger partial charge on any atom is 0.341 e. The molecule has 1 heterocycles. The summed E-state index contributed by atoms with van der Waals surface area (Å²) in [6.07, 6.45) is 5.29. The van der Waals surface area contributed by atoms with E-state index in [1.807, 2.05) is 0 Å². The molecule has 2 bridgehead atoms. The van der Waals surface area contributed by atoms with Crippen LogP contribution in [0.25, 0.3) is 0 Å². The largest absolute Gasteiger partial charge is 0.481 e. The summed E-state index contributed by atoms with van der Waals surface area (Å²) in [5, 5.41) is 13.2. The van der Waals surface area contributed by atoms with E-state index in [1.54, 1.807) is 6.92 Å². The number of hydrogen-bond acceptors (Lipinski definition) is 5. The standard InChI is InChI=1S/C24H33NO5S/c1-5-30-23(29)19-15-9-8-14(24(2,3)4)11-16(15)31-21(19)25-20(26)17-12-6-7-13(10-12)18(17)22(27)28/h12-14,17-18H,5-11H2,1-4H3,(H,25,26)(H,27,28)/t12-,13-,14-,17+,18+/m0/s1. The van der Waals surface area contributed by atoms with Gasteiger partial charge in [0.2, 0.25) is 5.91 Å². The highest BCUT2D eigenvalue weighted by molar-refractivity contribution is 7.17. The van der Waals surface area contributed by atoms with Gasteiger partial charge >= 0.3 is 11.9 Å². The molecule has 0 spiro atoms. The minimum absolute atomic E-state index is 0.0897. The summed E-state index contributed by atoms with van der Waals surface area (Å²) in [5.74, 6) is -1.94. The van der Waals surface area contributed by atoms with Crippen LogP contribution in [-0.4, -0.2) is 29.6 Å². The highest BCUT2D eigenvalue weighted by Gasteiger charge is 2.54. The first kappa shape index (κ1) is 22.3. The third kappa shape index (κ3) is 4.01. The van der Waals surface area contributed by atoms with Gasteiger partial charge in [-0.2, -0.15) is 0 Å². The molecule has 1 amide bonds.